The van der Waals surface area contributed by atoms with Gasteiger partial charge >= 0.3 is 0 Å². The van der Waals surface area contributed by atoms with Crippen LogP contribution in [-0.4, -0.2) is 36.3 Å². The van der Waals surface area contributed by atoms with E-state index in [-0.39, 0.29) is 0 Å². The summed E-state index contributed by atoms with van der Waals surface area (Å²) in [5.41, 5.74) is 6.81. The summed E-state index contributed by atoms with van der Waals surface area (Å²) in [6, 6.07) is 0. The van der Waals surface area contributed by atoms with Crippen LogP contribution in [0, 0.1) is 13.8 Å². The van der Waals surface area contributed by atoms with Crippen LogP contribution in [0.25, 0.3) is 0 Å². The first-order valence-corrected chi connectivity index (χ1v) is 5.50. The van der Waals surface area contributed by atoms with Gasteiger partial charge in [0, 0.05) is 25.8 Å². The van der Waals surface area contributed by atoms with Gasteiger partial charge in [0.25, 0.3) is 0 Å². The molecule has 0 saturated carbocycles. The van der Waals surface area contributed by atoms with Gasteiger partial charge < -0.3 is 15.4 Å². The summed E-state index contributed by atoms with van der Waals surface area (Å²) in [4.78, 5) is 10.8. The van der Waals surface area contributed by atoms with Crippen molar-refractivity contribution < 1.29 is 4.74 Å². The molecule has 1 aliphatic rings. The van der Waals surface area contributed by atoms with Crippen molar-refractivity contribution in [1.82, 2.24) is 9.97 Å². The molecule has 0 spiro atoms. The lowest BCUT2D eigenvalue weighted by molar-refractivity contribution is 0.121. The van der Waals surface area contributed by atoms with Gasteiger partial charge in [-0.15, -0.1) is 0 Å². The lowest BCUT2D eigenvalue weighted by atomic mass is 10.3. The number of ether oxygens (including phenoxy) is 1. The van der Waals surface area contributed by atoms with Gasteiger partial charge in [-0.3, -0.25) is 0 Å². The second-order valence-electron chi connectivity index (χ2n) is 4.20. The second-order valence-corrected chi connectivity index (χ2v) is 4.20. The van der Waals surface area contributed by atoms with E-state index in [4.69, 9.17) is 10.5 Å². The number of aromatic nitrogens is 2. The van der Waals surface area contributed by atoms with Crippen LogP contribution in [0.15, 0.2) is 0 Å². The van der Waals surface area contributed by atoms with Crippen LogP contribution in [0.2, 0.25) is 0 Å². The lowest BCUT2D eigenvalue weighted by Gasteiger charge is -2.20. The summed E-state index contributed by atoms with van der Waals surface area (Å²) in [5.74, 6) is 2.24. The Balaban J connectivity index is 2.27. The summed E-state index contributed by atoms with van der Waals surface area (Å²) in [7, 11) is 1.75. The highest BCUT2D eigenvalue weighted by molar-refractivity contribution is 5.57. The first-order chi connectivity index (χ1) is 7.61. The summed E-state index contributed by atoms with van der Waals surface area (Å²) in [5, 5.41) is 0. The van der Waals surface area contributed by atoms with Crippen molar-refractivity contribution in [2.75, 3.05) is 30.8 Å². The van der Waals surface area contributed by atoms with Crippen LogP contribution >= 0.6 is 0 Å². The molecule has 2 N–H and O–H groups in total. The monoisotopic (exact) mass is 222 g/mol. The number of hydrogen-bond donors (Lipinski definition) is 1. The Labute approximate surface area is 95.6 Å². The molecule has 1 saturated heterocycles. The van der Waals surface area contributed by atoms with Crippen molar-refractivity contribution in [2.45, 2.75) is 26.4 Å². The zero-order chi connectivity index (χ0) is 11.7. The van der Waals surface area contributed by atoms with E-state index >= 15 is 0 Å². The standard InChI is InChI=1S/C11H18N4O/c1-7-10(12)13-8(2)14-11(7)15-5-4-9(6-15)16-3/h9H,4-6H2,1-3H3,(H2,12,13,14). The number of rotatable bonds is 2. The van der Waals surface area contributed by atoms with Crippen LogP contribution in [0.5, 0.6) is 0 Å². The van der Waals surface area contributed by atoms with Crippen molar-refractivity contribution >= 4 is 11.6 Å². The second kappa shape index (κ2) is 4.25. The van der Waals surface area contributed by atoms with E-state index in [1.807, 2.05) is 13.8 Å². The molecule has 1 aromatic rings. The molecule has 1 aromatic heterocycles. The summed E-state index contributed by atoms with van der Waals surface area (Å²) >= 11 is 0. The van der Waals surface area contributed by atoms with Gasteiger partial charge in [0.1, 0.15) is 17.5 Å². The van der Waals surface area contributed by atoms with E-state index in [1.54, 1.807) is 7.11 Å². The first kappa shape index (κ1) is 11.1. The molecule has 0 bridgehead atoms. The van der Waals surface area contributed by atoms with E-state index in [2.05, 4.69) is 14.9 Å². The minimum Gasteiger partial charge on any atom is -0.383 e. The fourth-order valence-electron chi connectivity index (χ4n) is 2.06. The number of methoxy groups -OCH3 is 1. The third-order valence-corrected chi connectivity index (χ3v) is 3.05. The number of anilines is 2. The molecule has 1 aliphatic heterocycles. The molecule has 0 aromatic carbocycles. The van der Waals surface area contributed by atoms with Crippen LogP contribution < -0.4 is 10.6 Å². The summed E-state index contributed by atoms with van der Waals surface area (Å²) < 4.78 is 5.35. The molecule has 1 atom stereocenters. The quantitative estimate of drug-likeness (QED) is 0.805. The molecule has 1 fully saturated rings. The van der Waals surface area contributed by atoms with E-state index in [0.717, 1.165) is 36.7 Å². The number of aryl methyl sites for hydroxylation is 1. The Kier molecular flexibility index (Phi) is 2.96. The molecule has 5 nitrogen and oxygen atoms in total. The zero-order valence-corrected chi connectivity index (χ0v) is 10.0. The highest BCUT2D eigenvalue weighted by Gasteiger charge is 2.25. The molecule has 5 heteroatoms. The Bertz CT molecular complexity index is 394. The van der Waals surface area contributed by atoms with Crippen LogP contribution in [0.4, 0.5) is 11.6 Å². The van der Waals surface area contributed by atoms with Gasteiger partial charge in [-0.1, -0.05) is 0 Å². The zero-order valence-electron chi connectivity index (χ0n) is 10.0. The third-order valence-electron chi connectivity index (χ3n) is 3.05. The molecule has 0 aliphatic carbocycles. The van der Waals surface area contributed by atoms with Crippen molar-refractivity contribution in [3.63, 3.8) is 0 Å². The highest BCUT2D eigenvalue weighted by Crippen LogP contribution is 2.25. The largest absolute Gasteiger partial charge is 0.383 e. The van der Waals surface area contributed by atoms with E-state index in [1.165, 1.54) is 0 Å². The minimum absolute atomic E-state index is 0.302. The van der Waals surface area contributed by atoms with Gasteiger partial charge in [-0.25, -0.2) is 9.97 Å². The van der Waals surface area contributed by atoms with Gasteiger partial charge in [0.05, 0.1) is 6.10 Å². The molecule has 88 valence electrons. The number of nitrogens with zero attached hydrogens (tertiary/aromatic N) is 3. The maximum absolute atomic E-state index is 5.85. The molecular formula is C11H18N4O. The number of nitrogens with two attached hydrogens (primary N) is 1. The minimum atomic E-state index is 0.302. The Morgan fingerprint density at radius 1 is 1.38 bits per heavy atom. The molecule has 0 amide bonds. The van der Waals surface area contributed by atoms with Crippen molar-refractivity contribution in [3.05, 3.63) is 11.4 Å². The molecule has 1 unspecified atom stereocenters. The predicted octanol–water partition coefficient (Wildman–Crippen LogP) is 0.901. The fourth-order valence-corrected chi connectivity index (χ4v) is 2.06. The molecule has 2 rings (SSSR count). The molecule has 2 heterocycles. The molecular weight excluding hydrogens is 204 g/mol. The topological polar surface area (TPSA) is 64.3 Å². The van der Waals surface area contributed by atoms with Crippen molar-refractivity contribution in [2.24, 2.45) is 0 Å². The van der Waals surface area contributed by atoms with E-state index in [0.29, 0.717) is 11.9 Å². The van der Waals surface area contributed by atoms with E-state index < -0.39 is 0 Å². The van der Waals surface area contributed by atoms with Crippen LogP contribution in [0.1, 0.15) is 17.8 Å². The Morgan fingerprint density at radius 3 is 2.75 bits per heavy atom. The maximum atomic E-state index is 5.85. The lowest BCUT2D eigenvalue weighted by Crippen LogP contribution is -2.25. The van der Waals surface area contributed by atoms with E-state index in [9.17, 15) is 0 Å². The van der Waals surface area contributed by atoms with Gasteiger partial charge in [-0.05, 0) is 20.3 Å². The molecule has 0 radical (unpaired) electrons. The number of nitrogen functional groups attached to an aromatic ring is 1. The fraction of sp³-hybridized carbons (Fsp3) is 0.636. The van der Waals surface area contributed by atoms with Gasteiger partial charge in [0.2, 0.25) is 0 Å². The Morgan fingerprint density at radius 2 is 2.12 bits per heavy atom. The highest BCUT2D eigenvalue weighted by atomic mass is 16.5. The average Bonchev–Trinajstić information content (AvgIpc) is 2.71. The van der Waals surface area contributed by atoms with Gasteiger partial charge in [0.15, 0.2) is 0 Å². The molecule has 16 heavy (non-hydrogen) atoms. The van der Waals surface area contributed by atoms with Crippen molar-refractivity contribution in [1.29, 1.82) is 0 Å². The predicted molar refractivity (Wildman–Crippen MR) is 63.5 cm³/mol. The first-order valence-electron chi connectivity index (χ1n) is 5.50. The van der Waals surface area contributed by atoms with Crippen LogP contribution in [-0.2, 0) is 4.74 Å². The van der Waals surface area contributed by atoms with Crippen molar-refractivity contribution in [3.8, 4) is 0 Å². The SMILES string of the molecule is COC1CCN(c2nc(C)nc(N)c2C)C1. The summed E-state index contributed by atoms with van der Waals surface area (Å²) in [6.07, 6.45) is 1.34. The Hall–Kier alpha value is -1.36. The average molecular weight is 222 g/mol. The number of hydrogen-bond acceptors (Lipinski definition) is 5. The van der Waals surface area contributed by atoms with Gasteiger partial charge in [-0.2, -0.15) is 0 Å². The summed E-state index contributed by atoms with van der Waals surface area (Å²) in [6.45, 7) is 5.68. The van der Waals surface area contributed by atoms with Crippen LogP contribution in [0.3, 0.4) is 0 Å². The maximum Gasteiger partial charge on any atom is 0.137 e. The third kappa shape index (κ3) is 1.95. The smallest absolute Gasteiger partial charge is 0.137 e. The normalized spacial score (nSPS) is 20.4.